The van der Waals surface area contributed by atoms with Crippen LogP contribution in [0.25, 0.3) is 0 Å². The molecule has 0 aliphatic heterocycles. The minimum absolute atomic E-state index is 0.112. The van der Waals surface area contributed by atoms with Gasteiger partial charge in [-0.3, -0.25) is 10.1 Å². The first kappa shape index (κ1) is 12.5. The van der Waals surface area contributed by atoms with Crippen LogP contribution in [0.15, 0.2) is 0 Å². The van der Waals surface area contributed by atoms with Gasteiger partial charge in [0.05, 0.1) is 11.4 Å². The minimum Gasteiger partial charge on any atom is -0.319 e. The second kappa shape index (κ2) is 5.50. The summed E-state index contributed by atoms with van der Waals surface area (Å²) in [5.74, 6) is 0.0191. The fourth-order valence-corrected chi connectivity index (χ4v) is 1.14. The van der Waals surface area contributed by atoms with Crippen molar-refractivity contribution in [2.24, 2.45) is 5.92 Å². The summed E-state index contributed by atoms with van der Waals surface area (Å²) in [7, 11) is 1.80. The third-order valence-electron chi connectivity index (χ3n) is 2.28. The van der Waals surface area contributed by atoms with Crippen molar-refractivity contribution in [1.29, 1.82) is 0 Å². The number of rotatable bonds is 4. The SMILES string of the molecule is CNCC(C)C(=O)Nc1nnc(C)c(C)n1. The van der Waals surface area contributed by atoms with Crippen molar-refractivity contribution in [2.75, 3.05) is 18.9 Å². The predicted octanol–water partition coefficient (Wildman–Crippen LogP) is 0.282. The molecule has 1 heterocycles. The van der Waals surface area contributed by atoms with E-state index in [0.29, 0.717) is 6.54 Å². The number of aromatic nitrogens is 3. The Kier molecular flexibility index (Phi) is 4.30. The first-order valence-electron chi connectivity index (χ1n) is 5.18. The van der Waals surface area contributed by atoms with Crippen LogP contribution in [0, 0.1) is 19.8 Å². The lowest BCUT2D eigenvalue weighted by atomic mass is 10.1. The lowest BCUT2D eigenvalue weighted by Gasteiger charge is -2.10. The maximum absolute atomic E-state index is 11.6. The first-order valence-corrected chi connectivity index (χ1v) is 5.18. The molecular weight excluding hydrogens is 206 g/mol. The summed E-state index contributed by atoms with van der Waals surface area (Å²) in [6.45, 7) is 6.10. The van der Waals surface area contributed by atoms with Gasteiger partial charge in [0.1, 0.15) is 0 Å². The quantitative estimate of drug-likeness (QED) is 0.766. The first-order chi connectivity index (χ1) is 7.54. The molecule has 0 radical (unpaired) electrons. The highest BCUT2D eigenvalue weighted by atomic mass is 16.2. The predicted molar refractivity (Wildman–Crippen MR) is 61.0 cm³/mol. The summed E-state index contributed by atoms with van der Waals surface area (Å²) in [5.41, 5.74) is 1.54. The zero-order valence-corrected chi connectivity index (χ0v) is 10.0. The standard InChI is InChI=1S/C10H17N5O/c1-6(5-11-4)9(16)13-10-12-7(2)8(3)14-15-10/h6,11H,5H2,1-4H3,(H,12,13,15,16). The van der Waals surface area contributed by atoms with Gasteiger partial charge in [-0.2, -0.15) is 5.10 Å². The Balaban J connectivity index is 2.66. The van der Waals surface area contributed by atoms with Crippen molar-refractivity contribution >= 4 is 11.9 Å². The van der Waals surface area contributed by atoms with Gasteiger partial charge < -0.3 is 5.32 Å². The van der Waals surface area contributed by atoms with Crippen LogP contribution in [-0.2, 0) is 4.79 Å². The van der Waals surface area contributed by atoms with E-state index in [1.807, 2.05) is 20.8 Å². The number of nitrogens with zero attached hydrogens (tertiary/aromatic N) is 3. The van der Waals surface area contributed by atoms with Crippen LogP contribution in [0.5, 0.6) is 0 Å². The van der Waals surface area contributed by atoms with Gasteiger partial charge in [0.2, 0.25) is 11.9 Å². The van der Waals surface area contributed by atoms with Crippen molar-refractivity contribution < 1.29 is 4.79 Å². The van der Waals surface area contributed by atoms with Crippen molar-refractivity contribution in [2.45, 2.75) is 20.8 Å². The maximum atomic E-state index is 11.6. The molecule has 0 aromatic carbocycles. The van der Waals surface area contributed by atoms with Crippen LogP contribution in [0.3, 0.4) is 0 Å². The molecule has 16 heavy (non-hydrogen) atoms. The fourth-order valence-electron chi connectivity index (χ4n) is 1.14. The maximum Gasteiger partial charge on any atom is 0.249 e. The zero-order chi connectivity index (χ0) is 12.1. The lowest BCUT2D eigenvalue weighted by molar-refractivity contribution is -0.119. The number of hydrogen-bond donors (Lipinski definition) is 2. The number of carbonyl (C=O) groups is 1. The minimum atomic E-state index is -0.129. The Morgan fingerprint density at radius 3 is 2.56 bits per heavy atom. The Morgan fingerprint density at radius 1 is 1.31 bits per heavy atom. The van der Waals surface area contributed by atoms with Crippen LogP contribution in [0.1, 0.15) is 18.3 Å². The summed E-state index contributed by atoms with van der Waals surface area (Å²) >= 11 is 0. The molecule has 88 valence electrons. The Bertz CT molecular complexity index is 379. The van der Waals surface area contributed by atoms with Crippen LogP contribution in [0.4, 0.5) is 5.95 Å². The van der Waals surface area contributed by atoms with Gasteiger partial charge in [0.15, 0.2) is 0 Å². The summed E-state index contributed by atoms with van der Waals surface area (Å²) in [5, 5.41) is 13.3. The van der Waals surface area contributed by atoms with Gasteiger partial charge in [0, 0.05) is 12.5 Å². The van der Waals surface area contributed by atoms with E-state index in [9.17, 15) is 4.79 Å². The normalized spacial score (nSPS) is 12.2. The highest BCUT2D eigenvalue weighted by Crippen LogP contribution is 2.04. The topological polar surface area (TPSA) is 79.8 Å². The molecule has 1 atom stereocenters. The Hall–Kier alpha value is -1.56. The third kappa shape index (κ3) is 3.23. The number of aryl methyl sites for hydroxylation is 2. The van der Waals surface area contributed by atoms with E-state index in [-0.39, 0.29) is 17.8 Å². The molecule has 1 unspecified atom stereocenters. The monoisotopic (exact) mass is 223 g/mol. The molecule has 0 aliphatic rings. The number of carbonyl (C=O) groups excluding carboxylic acids is 1. The van der Waals surface area contributed by atoms with Crippen LogP contribution in [-0.4, -0.2) is 34.7 Å². The summed E-state index contributed by atoms with van der Waals surface area (Å²) in [4.78, 5) is 15.8. The second-order valence-electron chi connectivity index (χ2n) is 3.75. The van der Waals surface area contributed by atoms with Gasteiger partial charge in [-0.25, -0.2) is 4.98 Å². The van der Waals surface area contributed by atoms with Crippen LogP contribution < -0.4 is 10.6 Å². The van der Waals surface area contributed by atoms with Crippen LogP contribution >= 0.6 is 0 Å². The second-order valence-corrected chi connectivity index (χ2v) is 3.75. The van der Waals surface area contributed by atoms with Gasteiger partial charge in [-0.05, 0) is 20.9 Å². The van der Waals surface area contributed by atoms with Crippen molar-refractivity contribution in [3.8, 4) is 0 Å². The molecule has 0 saturated carbocycles. The van der Waals surface area contributed by atoms with Crippen LogP contribution in [0.2, 0.25) is 0 Å². The highest BCUT2D eigenvalue weighted by molar-refractivity contribution is 5.90. The fraction of sp³-hybridized carbons (Fsp3) is 0.600. The molecule has 0 spiro atoms. The Labute approximate surface area is 94.9 Å². The molecule has 0 saturated heterocycles. The average Bonchev–Trinajstić information content (AvgIpc) is 2.24. The van der Waals surface area contributed by atoms with E-state index in [4.69, 9.17) is 0 Å². The van der Waals surface area contributed by atoms with E-state index in [0.717, 1.165) is 11.4 Å². The lowest BCUT2D eigenvalue weighted by Crippen LogP contribution is -2.29. The average molecular weight is 223 g/mol. The highest BCUT2D eigenvalue weighted by Gasteiger charge is 2.13. The number of nitrogens with one attached hydrogen (secondary N) is 2. The molecule has 0 aliphatic carbocycles. The molecule has 0 bridgehead atoms. The molecule has 1 aromatic rings. The largest absolute Gasteiger partial charge is 0.319 e. The zero-order valence-electron chi connectivity index (χ0n) is 10.0. The number of hydrogen-bond acceptors (Lipinski definition) is 5. The molecule has 1 rings (SSSR count). The summed E-state index contributed by atoms with van der Waals surface area (Å²) in [6, 6.07) is 0. The van der Waals surface area contributed by atoms with E-state index in [1.165, 1.54) is 0 Å². The Morgan fingerprint density at radius 2 is 2.00 bits per heavy atom. The molecule has 1 aromatic heterocycles. The smallest absolute Gasteiger partial charge is 0.249 e. The van der Waals surface area contributed by atoms with Gasteiger partial charge in [-0.1, -0.05) is 6.92 Å². The van der Waals surface area contributed by atoms with Crippen molar-refractivity contribution in [1.82, 2.24) is 20.5 Å². The summed E-state index contributed by atoms with van der Waals surface area (Å²) in [6.07, 6.45) is 0. The van der Waals surface area contributed by atoms with Gasteiger partial charge in [0.25, 0.3) is 0 Å². The number of anilines is 1. The summed E-state index contributed by atoms with van der Waals surface area (Å²) < 4.78 is 0. The molecule has 2 N–H and O–H groups in total. The van der Waals surface area contributed by atoms with Crippen molar-refractivity contribution in [3.63, 3.8) is 0 Å². The van der Waals surface area contributed by atoms with Crippen molar-refractivity contribution in [3.05, 3.63) is 11.4 Å². The molecular formula is C10H17N5O. The molecule has 6 heteroatoms. The molecule has 1 amide bonds. The van der Waals surface area contributed by atoms with E-state index >= 15 is 0 Å². The van der Waals surface area contributed by atoms with Gasteiger partial charge in [-0.15, -0.1) is 5.10 Å². The molecule has 0 fully saturated rings. The van der Waals surface area contributed by atoms with Gasteiger partial charge >= 0.3 is 0 Å². The third-order valence-corrected chi connectivity index (χ3v) is 2.28. The van der Waals surface area contributed by atoms with E-state index < -0.39 is 0 Å². The number of amides is 1. The van der Waals surface area contributed by atoms with E-state index in [2.05, 4.69) is 25.8 Å². The van der Waals surface area contributed by atoms with E-state index in [1.54, 1.807) is 7.05 Å². The molecule has 6 nitrogen and oxygen atoms in total.